The Kier molecular flexibility index (Phi) is 7.70. The molecule has 45 heavy (non-hydrogen) atoms. The molecular formula is C33H23F5N4O3. The van der Waals surface area contributed by atoms with E-state index in [0.29, 0.717) is 11.0 Å². The predicted octanol–water partition coefficient (Wildman–Crippen LogP) is 7.62. The number of aromatic nitrogens is 3. The molecule has 228 valence electrons. The fraction of sp³-hybridized carbons (Fsp3) is 0.212. The van der Waals surface area contributed by atoms with Gasteiger partial charge in [-0.05, 0) is 60.5 Å². The molecular weight excluding hydrogens is 595 g/mol. The SMILES string of the molecule is N#Cc1ccc(COc2cccc(-c3cc(F)c(Cc4nc5ccc(C(=O)O)cc5n4[C@@H]4CCC(F)(F)C4)cc3F)n2)c(F)c1. The number of carboxylic acid groups (broad SMARTS) is 1. The summed E-state index contributed by atoms with van der Waals surface area (Å²) in [5, 5.41) is 18.4. The highest BCUT2D eigenvalue weighted by atomic mass is 19.3. The highest BCUT2D eigenvalue weighted by Gasteiger charge is 2.41. The third-order valence-corrected chi connectivity index (χ3v) is 7.79. The van der Waals surface area contributed by atoms with E-state index < -0.39 is 41.8 Å². The van der Waals surface area contributed by atoms with Gasteiger partial charge in [0.15, 0.2) is 0 Å². The monoisotopic (exact) mass is 618 g/mol. The molecule has 12 heteroatoms. The Hall–Kier alpha value is -5.31. The zero-order chi connectivity index (χ0) is 31.9. The summed E-state index contributed by atoms with van der Waals surface area (Å²) in [6, 6.07) is 15.6. The summed E-state index contributed by atoms with van der Waals surface area (Å²) < 4.78 is 80.7. The second-order valence-corrected chi connectivity index (χ2v) is 10.8. The van der Waals surface area contributed by atoms with E-state index in [1.54, 1.807) is 0 Å². The number of ether oxygens (including phenoxy) is 1. The van der Waals surface area contributed by atoms with E-state index >= 15 is 8.78 Å². The quantitative estimate of drug-likeness (QED) is 0.180. The fourth-order valence-corrected chi connectivity index (χ4v) is 5.58. The van der Waals surface area contributed by atoms with Crippen molar-refractivity contribution in [2.45, 2.75) is 44.3 Å². The maximum absolute atomic E-state index is 15.5. The number of alkyl halides is 2. The van der Waals surface area contributed by atoms with Crippen molar-refractivity contribution in [1.82, 2.24) is 14.5 Å². The van der Waals surface area contributed by atoms with E-state index in [9.17, 15) is 23.1 Å². The van der Waals surface area contributed by atoms with Crippen LogP contribution in [0.25, 0.3) is 22.3 Å². The number of aromatic carboxylic acids is 1. The highest BCUT2D eigenvalue weighted by molar-refractivity contribution is 5.92. The Morgan fingerprint density at radius 2 is 1.80 bits per heavy atom. The Balaban J connectivity index is 1.29. The molecule has 1 fully saturated rings. The van der Waals surface area contributed by atoms with Crippen LogP contribution in [0.3, 0.4) is 0 Å². The summed E-state index contributed by atoms with van der Waals surface area (Å²) >= 11 is 0. The van der Waals surface area contributed by atoms with Gasteiger partial charge in [0.25, 0.3) is 0 Å². The Morgan fingerprint density at radius 1 is 1.00 bits per heavy atom. The van der Waals surface area contributed by atoms with Crippen molar-refractivity contribution in [3.8, 4) is 23.2 Å². The summed E-state index contributed by atoms with van der Waals surface area (Å²) in [7, 11) is 0. The molecule has 6 rings (SSSR count). The van der Waals surface area contributed by atoms with Crippen molar-refractivity contribution in [3.05, 3.63) is 112 Å². The maximum atomic E-state index is 15.5. The van der Waals surface area contributed by atoms with Crippen molar-refractivity contribution in [1.29, 1.82) is 5.26 Å². The van der Waals surface area contributed by atoms with Crippen molar-refractivity contribution in [3.63, 3.8) is 0 Å². The largest absolute Gasteiger partial charge is 0.478 e. The minimum Gasteiger partial charge on any atom is -0.478 e. The van der Waals surface area contributed by atoms with E-state index in [1.807, 2.05) is 6.07 Å². The first-order valence-corrected chi connectivity index (χ1v) is 13.9. The topological polar surface area (TPSA) is 101 Å². The summed E-state index contributed by atoms with van der Waals surface area (Å²) in [4.78, 5) is 20.3. The number of carboxylic acids is 1. The van der Waals surface area contributed by atoms with Crippen LogP contribution in [0.1, 0.15) is 58.2 Å². The van der Waals surface area contributed by atoms with Crippen LogP contribution in [0, 0.1) is 28.8 Å². The number of pyridine rings is 1. The molecule has 0 aliphatic heterocycles. The second-order valence-electron chi connectivity index (χ2n) is 10.8. The van der Waals surface area contributed by atoms with Crippen molar-refractivity contribution < 1.29 is 36.6 Å². The van der Waals surface area contributed by atoms with Gasteiger partial charge in [0.1, 0.15) is 29.9 Å². The van der Waals surface area contributed by atoms with Gasteiger partial charge in [-0.2, -0.15) is 5.26 Å². The summed E-state index contributed by atoms with van der Waals surface area (Å²) in [5.41, 5.74) is 0.758. The van der Waals surface area contributed by atoms with Crippen molar-refractivity contribution in [2.75, 3.05) is 0 Å². The smallest absolute Gasteiger partial charge is 0.335 e. The molecule has 1 aliphatic rings. The lowest BCUT2D eigenvalue weighted by Gasteiger charge is -2.18. The average molecular weight is 619 g/mol. The molecule has 0 bridgehead atoms. The number of hydrogen-bond donors (Lipinski definition) is 1. The van der Waals surface area contributed by atoms with Crippen LogP contribution in [0.2, 0.25) is 0 Å². The molecule has 0 spiro atoms. The molecule has 1 aliphatic carbocycles. The van der Waals surface area contributed by atoms with Crippen LogP contribution in [0.15, 0.2) is 66.7 Å². The van der Waals surface area contributed by atoms with Crippen LogP contribution >= 0.6 is 0 Å². The van der Waals surface area contributed by atoms with E-state index in [4.69, 9.17) is 10.00 Å². The molecule has 1 saturated carbocycles. The van der Waals surface area contributed by atoms with Gasteiger partial charge >= 0.3 is 5.97 Å². The van der Waals surface area contributed by atoms with Crippen LogP contribution in [-0.2, 0) is 13.0 Å². The molecule has 0 saturated heterocycles. The third-order valence-electron chi connectivity index (χ3n) is 7.79. The van der Waals surface area contributed by atoms with Gasteiger partial charge in [0, 0.05) is 42.5 Å². The van der Waals surface area contributed by atoms with Crippen molar-refractivity contribution >= 4 is 17.0 Å². The lowest BCUT2D eigenvalue weighted by atomic mass is 10.0. The normalized spacial score (nSPS) is 15.7. The number of nitrogens with zero attached hydrogens (tertiary/aromatic N) is 4. The van der Waals surface area contributed by atoms with E-state index in [1.165, 1.54) is 53.1 Å². The maximum Gasteiger partial charge on any atom is 0.335 e. The molecule has 0 amide bonds. The first kappa shape index (κ1) is 29.7. The van der Waals surface area contributed by atoms with E-state index in [2.05, 4.69) is 9.97 Å². The number of nitriles is 1. The summed E-state index contributed by atoms with van der Waals surface area (Å²) in [5.74, 6) is -6.11. The zero-order valence-corrected chi connectivity index (χ0v) is 23.4. The Bertz CT molecular complexity index is 2000. The van der Waals surface area contributed by atoms with Gasteiger partial charge in [-0.25, -0.2) is 36.7 Å². The first-order valence-electron chi connectivity index (χ1n) is 13.9. The minimum atomic E-state index is -2.91. The van der Waals surface area contributed by atoms with Gasteiger partial charge < -0.3 is 14.4 Å². The number of carbonyl (C=O) groups is 1. The number of halogens is 5. The molecule has 1 N–H and O–H groups in total. The van der Waals surface area contributed by atoms with E-state index in [-0.39, 0.29) is 71.1 Å². The zero-order valence-electron chi connectivity index (χ0n) is 23.4. The van der Waals surface area contributed by atoms with Gasteiger partial charge in [-0.1, -0.05) is 12.1 Å². The fourth-order valence-electron chi connectivity index (χ4n) is 5.58. The molecule has 5 aromatic rings. The highest BCUT2D eigenvalue weighted by Crippen LogP contribution is 2.43. The number of hydrogen-bond acceptors (Lipinski definition) is 5. The summed E-state index contributed by atoms with van der Waals surface area (Å²) in [6.07, 6.45) is -0.971. The number of fused-ring (bicyclic) bond motifs is 1. The average Bonchev–Trinajstić information content (AvgIpc) is 3.55. The molecule has 3 aromatic carbocycles. The summed E-state index contributed by atoms with van der Waals surface area (Å²) in [6.45, 7) is -0.217. The molecule has 2 heterocycles. The van der Waals surface area contributed by atoms with Gasteiger partial charge in [-0.3, -0.25) is 0 Å². The molecule has 1 atom stereocenters. The Labute approximate surface area is 253 Å². The lowest BCUT2D eigenvalue weighted by Crippen LogP contribution is -2.15. The van der Waals surface area contributed by atoms with Gasteiger partial charge in [0.2, 0.25) is 11.8 Å². The molecule has 7 nitrogen and oxygen atoms in total. The van der Waals surface area contributed by atoms with Crippen LogP contribution in [-0.4, -0.2) is 31.5 Å². The number of rotatable bonds is 8. The van der Waals surface area contributed by atoms with Gasteiger partial charge in [-0.15, -0.1) is 0 Å². The predicted molar refractivity (Wildman–Crippen MR) is 152 cm³/mol. The minimum absolute atomic E-state index is 0.0305. The number of benzene rings is 3. The lowest BCUT2D eigenvalue weighted by molar-refractivity contribution is 0.00568. The van der Waals surface area contributed by atoms with Crippen LogP contribution in [0.5, 0.6) is 5.88 Å². The standard InChI is InChI=1S/C33H23F5N4O3/c34-24-10-18(16-39)4-5-20(24)17-45-31-3-1-2-27(41-31)23-14-25(35)21(11-26(23)36)13-30-40-28-7-6-19(32(43)44)12-29(28)42(30)22-8-9-33(37,38)15-22/h1-7,10-12,14,22H,8-9,13,15,17H2,(H,43,44)/t22-/m1/s1. The second kappa shape index (κ2) is 11.6. The molecule has 2 aromatic heterocycles. The van der Waals surface area contributed by atoms with Crippen LogP contribution in [0.4, 0.5) is 22.0 Å². The first-order chi connectivity index (χ1) is 21.5. The molecule has 0 unspecified atom stereocenters. The Morgan fingerprint density at radius 3 is 2.51 bits per heavy atom. The third kappa shape index (κ3) is 6.06. The van der Waals surface area contributed by atoms with Gasteiger partial charge in [0.05, 0.1) is 33.9 Å². The van der Waals surface area contributed by atoms with Crippen molar-refractivity contribution in [2.24, 2.45) is 0 Å². The number of imidazole rings is 1. The van der Waals surface area contributed by atoms with Crippen LogP contribution < -0.4 is 4.74 Å². The van der Waals surface area contributed by atoms with E-state index in [0.717, 1.165) is 18.2 Å². The molecule has 0 radical (unpaired) electrons.